The predicted octanol–water partition coefficient (Wildman–Crippen LogP) is 4.08. The first-order chi connectivity index (χ1) is 9.80. The van der Waals surface area contributed by atoms with Crippen molar-refractivity contribution >= 4 is 11.8 Å². The van der Waals surface area contributed by atoms with Gasteiger partial charge in [-0.25, -0.2) is 0 Å². The van der Waals surface area contributed by atoms with Gasteiger partial charge in [0.15, 0.2) is 0 Å². The lowest BCUT2D eigenvalue weighted by Crippen LogP contribution is -2.39. The molecule has 1 aromatic carbocycles. The van der Waals surface area contributed by atoms with E-state index in [1.165, 1.54) is 32.1 Å². The molecule has 0 saturated heterocycles. The summed E-state index contributed by atoms with van der Waals surface area (Å²) in [7, 11) is 1.89. The molecule has 0 aromatic heterocycles. The molecular weight excluding hydrogens is 264 g/mol. The number of thioether (sulfide) groups is 1. The van der Waals surface area contributed by atoms with E-state index in [-0.39, 0.29) is 0 Å². The lowest BCUT2D eigenvalue weighted by molar-refractivity contribution is 0.455. The van der Waals surface area contributed by atoms with E-state index >= 15 is 0 Å². The molecule has 0 aliphatic heterocycles. The van der Waals surface area contributed by atoms with E-state index in [4.69, 9.17) is 0 Å². The van der Waals surface area contributed by atoms with Gasteiger partial charge in [0.2, 0.25) is 0 Å². The van der Waals surface area contributed by atoms with Crippen LogP contribution >= 0.6 is 11.8 Å². The van der Waals surface area contributed by atoms with E-state index in [9.17, 15) is 5.26 Å². The third kappa shape index (κ3) is 3.77. The summed E-state index contributed by atoms with van der Waals surface area (Å²) >= 11 is 2.06. The van der Waals surface area contributed by atoms with Gasteiger partial charge in [-0.2, -0.15) is 17.0 Å². The first-order valence-electron chi connectivity index (χ1n) is 7.58. The van der Waals surface area contributed by atoms with Crippen LogP contribution in [0.5, 0.6) is 0 Å². The van der Waals surface area contributed by atoms with Crippen LogP contribution in [0.25, 0.3) is 0 Å². The van der Waals surface area contributed by atoms with Crippen molar-refractivity contribution in [2.75, 3.05) is 12.8 Å². The minimum Gasteiger partial charge on any atom is -0.299 e. The average molecular weight is 288 g/mol. The maximum atomic E-state index is 9.65. The van der Waals surface area contributed by atoms with Crippen molar-refractivity contribution in [1.29, 1.82) is 5.26 Å². The Balaban J connectivity index is 1.94. The van der Waals surface area contributed by atoms with Gasteiger partial charge < -0.3 is 0 Å². The van der Waals surface area contributed by atoms with Gasteiger partial charge in [-0.1, -0.05) is 49.6 Å². The predicted molar refractivity (Wildman–Crippen MR) is 86.7 cm³/mol. The standard InChI is InChI=1S/C17H24N2S/c1-19-17(14-18,15-8-4-2-5-9-15)12-13-20-16-10-6-3-7-11-16/h2,4-5,8-9,16,19H,3,6-7,10-13H2,1H3. The average Bonchev–Trinajstić information content (AvgIpc) is 2.54. The first kappa shape index (κ1) is 15.4. The molecule has 0 heterocycles. The summed E-state index contributed by atoms with van der Waals surface area (Å²) in [5, 5.41) is 13.7. The van der Waals surface area contributed by atoms with E-state index in [2.05, 4.69) is 23.1 Å². The van der Waals surface area contributed by atoms with Crippen molar-refractivity contribution in [2.45, 2.75) is 49.3 Å². The third-order valence-electron chi connectivity index (χ3n) is 4.27. The summed E-state index contributed by atoms with van der Waals surface area (Å²) in [6.45, 7) is 0. The molecular formula is C17H24N2S. The van der Waals surface area contributed by atoms with Crippen LogP contribution in [0, 0.1) is 11.3 Å². The lowest BCUT2D eigenvalue weighted by Gasteiger charge is -2.28. The monoisotopic (exact) mass is 288 g/mol. The van der Waals surface area contributed by atoms with Crippen LogP contribution in [0.15, 0.2) is 30.3 Å². The van der Waals surface area contributed by atoms with Crippen LogP contribution in [-0.4, -0.2) is 18.1 Å². The molecule has 0 radical (unpaired) electrons. The zero-order valence-electron chi connectivity index (χ0n) is 12.3. The molecule has 1 aliphatic rings. The normalized spacial score (nSPS) is 19.2. The van der Waals surface area contributed by atoms with E-state index in [0.29, 0.717) is 0 Å². The highest BCUT2D eigenvalue weighted by Gasteiger charge is 2.30. The summed E-state index contributed by atoms with van der Waals surface area (Å²) < 4.78 is 0. The second-order valence-corrected chi connectivity index (χ2v) is 6.92. The number of nitriles is 1. The number of hydrogen-bond donors (Lipinski definition) is 1. The van der Waals surface area contributed by atoms with Crippen molar-refractivity contribution in [2.24, 2.45) is 0 Å². The van der Waals surface area contributed by atoms with E-state index < -0.39 is 5.54 Å². The summed E-state index contributed by atoms with van der Waals surface area (Å²) in [6, 6.07) is 12.6. The molecule has 1 aromatic rings. The van der Waals surface area contributed by atoms with Crippen LogP contribution < -0.4 is 5.32 Å². The van der Waals surface area contributed by atoms with Crippen LogP contribution in [0.2, 0.25) is 0 Å². The maximum Gasteiger partial charge on any atom is 0.132 e. The summed E-state index contributed by atoms with van der Waals surface area (Å²) in [6.07, 6.45) is 7.74. The summed E-state index contributed by atoms with van der Waals surface area (Å²) in [5.41, 5.74) is 0.539. The minimum absolute atomic E-state index is 0.539. The molecule has 20 heavy (non-hydrogen) atoms. The van der Waals surface area contributed by atoms with E-state index in [1.54, 1.807) is 0 Å². The summed E-state index contributed by atoms with van der Waals surface area (Å²) in [4.78, 5) is 0. The van der Waals surface area contributed by atoms with Gasteiger partial charge in [-0.3, -0.25) is 5.32 Å². The number of benzene rings is 1. The van der Waals surface area contributed by atoms with Crippen molar-refractivity contribution in [3.8, 4) is 6.07 Å². The topological polar surface area (TPSA) is 35.8 Å². The molecule has 1 N–H and O–H groups in total. The van der Waals surface area contributed by atoms with Gasteiger partial charge in [-0.05, 0) is 37.6 Å². The fourth-order valence-corrected chi connectivity index (χ4v) is 4.35. The zero-order valence-corrected chi connectivity index (χ0v) is 13.1. The molecule has 108 valence electrons. The Morgan fingerprint density at radius 2 is 1.95 bits per heavy atom. The highest BCUT2D eigenvalue weighted by molar-refractivity contribution is 7.99. The van der Waals surface area contributed by atoms with Crippen LogP contribution in [0.3, 0.4) is 0 Å². The van der Waals surface area contributed by atoms with Crippen molar-refractivity contribution in [1.82, 2.24) is 5.32 Å². The summed E-state index contributed by atoms with van der Waals surface area (Å²) in [5.74, 6) is 1.05. The molecule has 1 fully saturated rings. The zero-order chi connectivity index (χ0) is 14.3. The van der Waals surface area contributed by atoms with E-state index in [1.807, 2.05) is 37.4 Å². The van der Waals surface area contributed by atoms with Crippen LogP contribution in [0.1, 0.15) is 44.1 Å². The fourth-order valence-electron chi connectivity index (χ4n) is 2.92. The smallest absolute Gasteiger partial charge is 0.132 e. The van der Waals surface area contributed by atoms with Crippen molar-refractivity contribution in [3.63, 3.8) is 0 Å². The molecule has 1 unspecified atom stereocenters. The first-order valence-corrected chi connectivity index (χ1v) is 8.63. The van der Waals surface area contributed by atoms with Gasteiger partial charge in [0.05, 0.1) is 6.07 Å². The second-order valence-electron chi connectivity index (χ2n) is 5.51. The molecule has 1 atom stereocenters. The number of nitrogens with zero attached hydrogens (tertiary/aromatic N) is 1. The Hall–Kier alpha value is -0.980. The SMILES string of the molecule is CNC(C#N)(CCSC1CCCCC1)c1ccccc1. The minimum atomic E-state index is -0.539. The highest BCUT2D eigenvalue weighted by atomic mass is 32.2. The van der Waals surface area contributed by atoms with Crippen molar-refractivity contribution in [3.05, 3.63) is 35.9 Å². The quantitative estimate of drug-likeness (QED) is 0.856. The Morgan fingerprint density at radius 3 is 2.55 bits per heavy atom. The molecule has 0 amide bonds. The van der Waals surface area contributed by atoms with Gasteiger partial charge in [0.25, 0.3) is 0 Å². The molecule has 2 rings (SSSR count). The van der Waals surface area contributed by atoms with Gasteiger partial charge in [0, 0.05) is 5.25 Å². The highest BCUT2D eigenvalue weighted by Crippen LogP contribution is 2.32. The van der Waals surface area contributed by atoms with Crippen LogP contribution in [0.4, 0.5) is 0 Å². The van der Waals surface area contributed by atoms with Crippen molar-refractivity contribution < 1.29 is 0 Å². The van der Waals surface area contributed by atoms with Gasteiger partial charge in [0.1, 0.15) is 5.54 Å². The van der Waals surface area contributed by atoms with E-state index in [0.717, 1.165) is 23.0 Å². The molecule has 1 aliphatic carbocycles. The molecule has 0 bridgehead atoms. The van der Waals surface area contributed by atoms with Gasteiger partial charge in [-0.15, -0.1) is 0 Å². The Bertz CT molecular complexity index is 434. The fraction of sp³-hybridized carbons (Fsp3) is 0.588. The lowest BCUT2D eigenvalue weighted by atomic mass is 9.89. The third-order valence-corrected chi connectivity index (χ3v) is 5.65. The number of rotatable bonds is 6. The molecule has 3 heteroatoms. The van der Waals surface area contributed by atoms with Crippen LogP contribution in [-0.2, 0) is 5.54 Å². The Kier molecular flexibility index (Phi) is 5.94. The Morgan fingerprint density at radius 1 is 1.25 bits per heavy atom. The number of nitrogens with one attached hydrogen (secondary N) is 1. The number of hydrogen-bond acceptors (Lipinski definition) is 3. The second kappa shape index (κ2) is 7.71. The van der Waals surface area contributed by atoms with Gasteiger partial charge >= 0.3 is 0 Å². The maximum absolute atomic E-state index is 9.65. The molecule has 0 spiro atoms. The Labute approximate surface area is 127 Å². The largest absolute Gasteiger partial charge is 0.299 e. The molecule has 1 saturated carbocycles. The molecule has 2 nitrogen and oxygen atoms in total.